The predicted octanol–water partition coefficient (Wildman–Crippen LogP) is 12.7. The van der Waals surface area contributed by atoms with Gasteiger partial charge in [-0.2, -0.15) is 0 Å². The minimum atomic E-state index is -0.0978. The molecule has 3 nitrogen and oxygen atoms in total. The molecule has 0 bridgehead atoms. The standard InChI is InChI=1S/C46H72O3/c1-5-8-9-10-11-13-36-16-20-40(21-17-36)41-24-26-43(27-25-41)45-29-28-44(34-39(45)7-3)42-22-18-37(19-23-42)14-12-15-38(30-32-47)31-33-49-46(48)35(4)6-2/h18-19,22-23,28-29,34-36,38,40-41,43,47H,5-17,20-21,24-27,30-33H2,1-4H3. The Hall–Kier alpha value is -2.13. The van der Waals surface area contributed by atoms with Gasteiger partial charge in [-0.05, 0) is 141 Å². The molecule has 2 aliphatic rings. The summed E-state index contributed by atoms with van der Waals surface area (Å²) in [6.07, 6.45) is 27.0. The first-order valence-corrected chi connectivity index (χ1v) is 20.9. The SMILES string of the molecule is CCCCCCCC1CCC(C2CCC(c3ccc(-c4ccc(CCCC(CCO)CCOC(=O)C(C)CC)cc4)cc3CC)CC2)CC1. The lowest BCUT2D eigenvalue weighted by molar-refractivity contribution is -0.148. The van der Waals surface area contributed by atoms with E-state index in [1.165, 1.54) is 107 Å². The zero-order valence-electron chi connectivity index (χ0n) is 32.0. The molecule has 2 aromatic carbocycles. The van der Waals surface area contributed by atoms with Gasteiger partial charge in [-0.15, -0.1) is 0 Å². The molecule has 2 atom stereocenters. The van der Waals surface area contributed by atoms with Gasteiger partial charge in [-0.25, -0.2) is 0 Å². The normalized spacial score (nSPS) is 22.5. The van der Waals surface area contributed by atoms with E-state index in [9.17, 15) is 9.90 Å². The lowest BCUT2D eigenvalue weighted by Gasteiger charge is -2.38. The van der Waals surface area contributed by atoms with Crippen molar-refractivity contribution in [2.24, 2.45) is 29.6 Å². The second-order valence-electron chi connectivity index (χ2n) is 16.1. The van der Waals surface area contributed by atoms with Crippen LogP contribution in [0.15, 0.2) is 42.5 Å². The molecule has 3 heteroatoms. The van der Waals surface area contributed by atoms with E-state index >= 15 is 0 Å². The van der Waals surface area contributed by atoms with Gasteiger partial charge >= 0.3 is 5.97 Å². The first-order chi connectivity index (χ1) is 23.9. The molecule has 4 rings (SSSR count). The second-order valence-corrected chi connectivity index (χ2v) is 16.1. The quantitative estimate of drug-likeness (QED) is 0.106. The average molecular weight is 673 g/mol. The van der Waals surface area contributed by atoms with Crippen molar-refractivity contribution in [3.05, 3.63) is 59.2 Å². The van der Waals surface area contributed by atoms with Gasteiger partial charge in [0.2, 0.25) is 0 Å². The maximum absolute atomic E-state index is 12.0. The smallest absolute Gasteiger partial charge is 0.308 e. The fourth-order valence-corrected chi connectivity index (χ4v) is 9.09. The van der Waals surface area contributed by atoms with Gasteiger partial charge in [0.15, 0.2) is 0 Å². The summed E-state index contributed by atoms with van der Waals surface area (Å²) in [5, 5.41) is 9.55. The van der Waals surface area contributed by atoms with Gasteiger partial charge in [-0.1, -0.05) is 122 Å². The van der Waals surface area contributed by atoms with E-state index in [-0.39, 0.29) is 18.5 Å². The van der Waals surface area contributed by atoms with Crippen LogP contribution in [0, 0.1) is 29.6 Å². The van der Waals surface area contributed by atoms with Crippen LogP contribution in [0.4, 0.5) is 0 Å². The Labute approximate surface area is 301 Å². The number of carbonyl (C=O) groups is 1. The summed E-state index contributed by atoms with van der Waals surface area (Å²) in [5.74, 6) is 4.00. The molecule has 2 aromatic rings. The molecule has 0 aliphatic heterocycles. The Balaban J connectivity index is 1.20. The van der Waals surface area contributed by atoms with Crippen molar-refractivity contribution >= 4 is 5.97 Å². The van der Waals surface area contributed by atoms with Gasteiger partial charge in [0.25, 0.3) is 0 Å². The third-order valence-corrected chi connectivity index (χ3v) is 12.7. The molecule has 0 radical (unpaired) electrons. The zero-order valence-corrected chi connectivity index (χ0v) is 32.0. The molecule has 0 aromatic heterocycles. The van der Waals surface area contributed by atoms with E-state index in [0.717, 1.165) is 68.6 Å². The number of hydrogen-bond donors (Lipinski definition) is 1. The molecule has 1 N–H and O–H groups in total. The van der Waals surface area contributed by atoms with Gasteiger partial charge in [0.05, 0.1) is 12.5 Å². The number of hydrogen-bond acceptors (Lipinski definition) is 3. The van der Waals surface area contributed by atoms with Crippen molar-refractivity contribution in [2.45, 2.75) is 168 Å². The first kappa shape index (κ1) is 39.7. The summed E-state index contributed by atoms with van der Waals surface area (Å²) in [7, 11) is 0. The van der Waals surface area contributed by atoms with Gasteiger partial charge in [0.1, 0.15) is 0 Å². The molecule has 0 saturated heterocycles. The van der Waals surface area contributed by atoms with Gasteiger partial charge in [-0.3, -0.25) is 4.79 Å². The number of benzene rings is 2. The third-order valence-electron chi connectivity index (χ3n) is 12.7. The number of aliphatic hydroxyl groups excluding tert-OH is 1. The maximum atomic E-state index is 12.0. The fourth-order valence-electron chi connectivity index (χ4n) is 9.09. The van der Waals surface area contributed by atoms with Crippen LogP contribution in [0.5, 0.6) is 0 Å². The predicted molar refractivity (Wildman–Crippen MR) is 208 cm³/mol. The van der Waals surface area contributed by atoms with Crippen molar-refractivity contribution in [2.75, 3.05) is 13.2 Å². The molecular formula is C46H72O3. The van der Waals surface area contributed by atoms with E-state index < -0.39 is 0 Å². The molecule has 2 fully saturated rings. The largest absolute Gasteiger partial charge is 0.465 e. The van der Waals surface area contributed by atoms with E-state index in [0.29, 0.717) is 12.5 Å². The van der Waals surface area contributed by atoms with E-state index in [1.807, 2.05) is 13.8 Å². The van der Waals surface area contributed by atoms with Crippen molar-refractivity contribution in [3.63, 3.8) is 0 Å². The lowest BCUT2D eigenvalue weighted by atomic mass is 9.67. The molecular weight excluding hydrogens is 601 g/mol. The Morgan fingerprint density at radius 2 is 1.45 bits per heavy atom. The lowest BCUT2D eigenvalue weighted by Crippen LogP contribution is -2.25. The summed E-state index contributed by atoms with van der Waals surface area (Å²) in [4.78, 5) is 12.0. The Kier molecular flexibility index (Phi) is 17.8. The second kappa shape index (κ2) is 21.9. The minimum Gasteiger partial charge on any atom is -0.465 e. The highest BCUT2D eigenvalue weighted by atomic mass is 16.5. The number of esters is 1. The number of rotatable bonds is 21. The zero-order chi connectivity index (χ0) is 34.8. The van der Waals surface area contributed by atoms with Crippen LogP contribution >= 0.6 is 0 Å². The number of aliphatic hydroxyl groups is 1. The van der Waals surface area contributed by atoms with E-state index in [1.54, 1.807) is 11.1 Å². The number of carbonyl (C=O) groups excluding carboxylic acids is 1. The molecule has 274 valence electrons. The summed E-state index contributed by atoms with van der Waals surface area (Å²) in [5.41, 5.74) is 7.20. The molecule has 0 heterocycles. The summed E-state index contributed by atoms with van der Waals surface area (Å²) in [6, 6.07) is 16.5. The van der Waals surface area contributed by atoms with Crippen molar-refractivity contribution in [1.29, 1.82) is 0 Å². The molecule has 0 amide bonds. The summed E-state index contributed by atoms with van der Waals surface area (Å²) < 4.78 is 5.48. The third kappa shape index (κ3) is 12.9. The Morgan fingerprint density at radius 1 is 0.776 bits per heavy atom. The van der Waals surface area contributed by atoms with Crippen LogP contribution in [0.1, 0.15) is 172 Å². The molecule has 2 saturated carbocycles. The van der Waals surface area contributed by atoms with Crippen molar-refractivity contribution in [3.8, 4) is 11.1 Å². The van der Waals surface area contributed by atoms with E-state index in [4.69, 9.17) is 4.74 Å². The van der Waals surface area contributed by atoms with Crippen molar-refractivity contribution in [1.82, 2.24) is 0 Å². The van der Waals surface area contributed by atoms with Crippen LogP contribution in [0.25, 0.3) is 11.1 Å². The van der Waals surface area contributed by atoms with Gasteiger partial charge in [0, 0.05) is 6.61 Å². The topological polar surface area (TPSA) is 46.5 Å². The highest BCUT2D eigenvalue weighted by molar-refractivity contribution is 5.71. The molecule has 49 heavy (non-hydrogen) atoms. The number of aryl methyl sites for hydroxylation is 2. The average Bonchev–Trinajstić information content (AvgIpc) is 3.14. The Bertz CT molecular complexity index is 1190. The maximum Gasteiger partial charge on any atom is 0.308 e. The molecule has 0 spiro atoms. The van der Waals surface area contributed by atoms with Crippen LogP contribution < -0.4 is 0 Å². The highest BCUT2D eigenvalue weighted by Crippen LogP contribution is 2.45. The van der Waals surface area contributed by atoms with E-state index in [2.05, 4.69) is 56.3 Å². The molecule has 2 aliphatic carbocycles. The number of unbranched alkanes of at least 4 members (excludes halogenated alkanes) is 4. The van der Waals surface area contributed by atoms with Gasteiger partial charge < -0.3 is 9.84 Å². The first-order valence-electron chi connectivity index (χ1n) is 20.9. The number of ether oxygens (including phenoxy) is 1. The van der Waals surface area contributed by atoms with Crippen LogP contribution in [0.2, 0.25) is 0 Å². The monoisotopic (exact) mass is 673 g/mol. The van der Waals surface area contributed by atoms with Crippen LogP contribution in [-0.2, 0) is 22.4 Å². The van der Waals surface area contributed by atoms with Crippen molar-refractivity contribution < 1.29 is 14.6 Å². The highest BCUT2D eigenvalue weighted by Gasteiger charge is 2.31. The minimum absolute atomic E-state index is 0.0373. The van der Waals surface area contributed by atoms with Crippen LogP contribution in [-0.4, -0.2) is 24.3 Å². The molecule has 2 unspecified atom stereocenters. The summed E-state index contributed by atoms with van der Waals surface area (Å²) in [6.45, 7) is 9.23. The Morgan fingerprint density at radius 3 is 2.10 bits per heavy atom. The van der Waals surface area contributed by atoms with Crippen LogP contribution in [0.3, 0.4) is 0 Å². The summed E-state index contributed by atoms with van der Waals surface area (Å²) >= 11 is 0. The fraction of sp³-hybridized carbons (Fsp3) is 0.717.